The van der Waals surface area contributed by atoms with Crippen LogP contribution in [0.1, 0.15) is 11.1 Å². The summed E-state index contributed by atoms with van der Waals surface area (Å²) in [5.74, 6) is 3.65. The summed E-state index contributed by atoms with van der Waals surface area (Å²) in [6.45, 7) is -3.29. The van der Waals surface area contributed by atoms with E-state index in [-0.39, 0.29) is 35.5 Å². The highest BCUT2D eigenvalue weighted by atomic mass is 19.4. The zero-order chi connectivity index (χ0) is 22.8. The maximum absolute atomic E-state index is 13.6. The van der Waals surface area contributed by atoms with Gasteiger partial charge in [-0.1, -0.05) is 24.1 Å². The van der Waals surface area contributed by atoms with E-state index in [1.54, 1.807) is 0 Å². The molecule has 0 spiro atoms. The molecule has 2 atom stereocenters. The summed E-state index contributed by atoms with van der Waals surface area (Å²) in [4.78, 5) is 13.1. The number of likely N-dealkylation sites (tertiary alicyclic amines) is 1. The lowest BCUT2D eigenvalue weighted by atomic mass is 9.97. The first-order valence-corrected chi connectivity index (χ1v) is 8.98. The summed E-state index contributed by atoms with van der Waals surface area (Å²) in [5.41, 5.74) is -1.15. The number of β-amino-alcohol motifs (C(OH)–C–C–N with tert-alkyl or cyclic N) is 2. The zero-order valence-electron chi connectivity index (χ0n) is 15.7. The van der Waals surface area contributed by atoms with E-state index >= 15 is 0 Å². The molecule has 1 fully saturated rings. The van der Waals surface area contributed by atoms with Gasteiger partial charge in [-0.25, -0.2) is 0 Å². The molecule has 0 unspecified atom stereocenters. The van der Waals surface area contributed by atoms with Crippen molar-refractivity contribution < 1.29 is 41.7 Å². The Bertz CT molecular complexity index is 1000. The van der Waals surface area contributed by atoms with Crippen LogP contribution in [0, 0.1) is 11.8 Å². The first kappa shape index (κ1) is 22.5. The van der Waals surface area contributed by atoms with E-state index in [4.69, 9.17) is 0 Å². The first-order chi connectivity index (χ1) is 14.5. The first-order valence-electron chi connectivity index (χ1n) is 8.98. The van der Waals surface area contributed by atoms with Gasteiger partial charge in [-0.15, -0.1) is 0 Å². The van der Waals surface area contributed by atoms with Crippen molar-refractivity contribution in [3.63, 3.8) is 0 Å². The number of hydrogen-bond acceptors (Lipinski definition) is 4. The molecule has 2 aromatic carbocycles. The van der Waals surface area contributed by atoms with E-state index in [0.717, 1.165) is 23.1 Å². The van der Waals surface area contributed by atoms with Gasteiger partial charge in [0.15, 0.2) is 0 Å². The Morgan fingerprint density at radius 2 is 1.68 bits per heavy atom. The lowest BCUT2D eigenvalue weighted by Crippen LogP contribution is -2.28. The molecule has 1 amide bonds. The summed E-state index contributed by atoms with van der Waals surface area (Å²) in [6, 6.07) is 7.96. The zero-order valence-corrected chi connectivity index (χ0v) is 15.7. The third kappa shape index (κ3) is 5.51. The highest BCUT2D eigenvalue weighted by molar-refractivity contribution is 5.94. The van der Waals surface area contributed by atoms with Crippen LogP contribution in [0.25, 0.3) is 11.1 Å². The lowest BCUT2D eigenvalue weighted by Gasteiger charge is -2.14. The van der Waals surface area contributed by atoms with Gasteiger partial charge in [0.05, 0.1) is 30.9 Å². The summed E-state index contributed by atoms with van der Waals surface area (Å²) < 4.78 is 69.4. The van der Waals surface area contributed by atoms with E-state index in [0.29, 0.717) is 0 Å². The van der Waals surface area contributed by atoms with Gasteiger partial charge in [-0.3, -0.25) is 4.79 Å². The van der Waals surface area contributed by atoms with Crippen LogP contribution < -0.4 is 4.74 Å². The highest BCUT2D eigenvalue weighted by Gasteiger charge is 2.34. The molecule has 2 aromatic rings. The second-order valence-electron chi connectivity index (χ2n) is 6.76. The molecule has 164 valence electrons. The van der Waals surface area contributed by atoms with Crippen molar-refractivity contribution in [1.29, 1.82) is 0 Å². The third-order valence-corrected chi connectivity index (χ3v) is 4.58. The van der Waals surface area contributed by atoms with Crippen LogP contribution >= 0.6 is 0 Å². The smallest absolute Gasteiger partial charge is 0.417 e. The minimum atomic E-state index is -4.74. The largest absolute Gasteiger partial charge is 0.435 e. The summed E-state index contributed by atoms with van der Waals surface area (Å²) in [5, 5.41) is 18.9. The monoisotopic (exact) mass is 441 g/mol. The quantitative estimate of drug-likeness (QED) is 0.568. The van der Waals surface area contributed by atoms with Gasteiger partial charge < -0.3 is 19.8 Å². The van der Waals surface area contributed by atoms with E-state index < -0.39 is 36.5 Å². The number of alkyl halides is 5. The Balaban J connectivity index is 1.87. The fourth-order valence-corrected chi connectivity index (χ4v) is 3.06. The van der Waals surface area contributed by atoms with Gasteiger partial charge in [-0.2, -0.15) is 22.0 Å². The van der Waals surface area contributed by atoms with Crippen molar-refractivity contribution in [2.24, 2.45) is 0 Å². The SMILES string of the molecule is O=C(C#Cc1ccc(-c2ccc(OC(F)F)cc2)c(C(F)(F)F)c1)N1C[C@@H](O)[C@@H](O)C1. The Hall–Kier alpha value is -3.16. The lowest BCUT2D eigenvalue weighted by molar-refractivity contribution is -0.137. The minimum Gasteiger partial charge on any atom is -0.435 e. The maximum atomic E-state index is 13.6. The number of rotatable bonds is 3. The molecule has 1 heterocycles. The summed E-state index contributed by atoms with van der Waals surface area (Å²) >= 11 is 0. The van der Waals surface area contributed by atoms with Crippen molar-refractivity contribution in [3.05, 3.63) is 53.6 Å². The Morgan fingerprint density at radius 1 is 1.06 bits per heavy atom. The molecule has 5 nitrogen and oxygen atoms in total. The maximum Gasteiger partial charge on any atom is 0.417 e. The Morgan fingerprint density at radius 3 is 2.23 bits per heavy atom. The summed E-state index contributed by atoms with van der Waals surface area (Å²) in [6.07, 6.45) is -6.93. The molecular weight excluding hydrogens is 425 g/mol. The van der Waals surface area contributed by atoms with Gasteiger partial charge >= 0.3 is 12.8 Å². The van der Waals surface area contributed by atoms with Crippen molar-refractivity contribution in [2.45, 2.75) is 25.0 Å². The number of nitrogens with zero attached hydrogens (tertiary/aromatic N) is 1. The number of aliphatic hydroxyl groups excluding tert-OH is 2. The van der Waals surface area contributed by atoms with Gasteiger partial charge in [0, 0.05) is 11.5 Å². The van der Waals surface area contributed by atoms with Crippen LogP contribution in [0.2, 0.25) is 0 Å². The number of carbonyl (C=O) groups excluding carboxylic acids is 1. The van der Waals surface area contributed by atoms with Gasteiger partial charge in [-0.05, 0) is 35.4 Å². The second kappa shape index (κ2) is 8.91. The van der Waals surface area contributed by atoms with Crippen LogP contribution in [0.5, 0.6) is 5.75 Å². The topological polar surface area (TPSA) is 70.0 Å². The van der Waals surface area contributed by atoms with Gasteiger partial charge in [0.1, 0.15) is 5.75 Å². The molecule has 1 aliphatic rings. The molecule has 3 rings (SSSR count). The van der Waals surface area contributed by atoms with E-state index in [9.17, 15) is 37.0 Å². The number of ether oxygens (including phenoxy) is 1. The molecule has 0 radical (unpaired) electrons. The molecule has 31 heavy (non-hydrogen) atoms. The van der Waals surface area contributed by atoms with Crippen LogP contribution in [0.15, 0.2) is 42.5 Å². The van der Waals surface area contributed by atoms with Crippen molar-refractivity contribution in [3.8, 4) is 28.7 Å². The number of hydrogen-bond donors (Lipinski definition) is 2. The summed E-state index contributed by atoms with van der Waals surface area (Å²) in [7, 11) is 0. The second-order valence-corrected chi connectivity index (χ2v) is 6.76. The van der Waals surface area contributed by atoms with Crippen LogP contribution in [-0.2, 0) is 11.0 Å². The number of benzene rings is 2. The Kier molecular flexibility index (Phi) is 6.48. The van der Waals surface area contributed by atoms with Crippen LogP contribution in [-0.4, -0.2) is 52.9 Å². The molecule has 1 aliphatic heterocycles. The van der Waals surface area contributed by atoms with Crippen LogP contribution in [0.4, 0.5) is 22.0 Å². The molecule has 2 N–H and O–H groups in total. The highest BCUT2D eigenvalue weighted by Crippen LogP contribution is 2.38. The average Bonchev–Trinajstić information content (AvgIpc) is 3.04. The van der Waals surface area contributed by atoms with Crippen LogP contribution in [0.3, 0.4) is 0 Å². The van der Waals surface area contributed by atoms with E-state index in [1.807, 2.05) is 0 Å². The average molecular weight is 441 g/mol. The molecule has 0 bridgehead atoms. The molecule has 10 heteroatoms. The fourth-order valence-electron chi connectivity index (χ4n) is 3.06. The van der Waals surface area contributed by atoms with Gasteiger partial charge in [0.2, 0.25) is 0 Å². The third-order valence-electron chi connectivity index (χ3n) is 4.58. The standard InChI is InChI=1S/C21H16F5NO4/c22-20(23)31-14-5-3-13(4-6-14)15-7-1-12(9-16(15)21(24,25)26)2-8-19(30)27-10-17(28)18(29)11-27/h1,3-7,9,17-18,20,28-29H,10-11H2/t17-,18+. The predicted octanol–water partition coefficient (Wildman–Crippen LogP) is 2.89. The molecule has 0 saturated carbocycles. The van der Waals surface area contributed by atoms with Crippen molar-refractivity contribution in [2.75, 3.05) is 13.1 Å². The van der Waals surface area contributed by atoms with Crippen molar-refractivity contribution >= 4 is 5.91 Å². The number of carbonyl (C=O) groups is 1. The Labute approximate surface area is 173 Å². The van der Waals surface area contributed by atoms with E-state index in [1.165, 1.54) is 24.3 Å². The number of halogens is 5. The molecule has 0 aromatic heterocycles. The molecular formula is C21H16F5NO4. The molecule has 0 aliphatic carbocycles. The number of aliphatic hydroxyl groups is 2. The fraction of sp³-hybridized carbons (Fsp3) is 0.286. The number of amides is 1. The normalized spacial score (nSPS) is 18.6. The van der Waals surface area contributed by atoms with E-state index in [2.05, 4.69) is 16.6 Å². The minimum absolute atomic E-state index is 0.0672. The molecule has 1 saturated heterocycles. The predicted molar refractivity (Wildman–Crippen MR) is 99.0 cm³/mol. The van der Waals surface area contributed by atoms with Crippen molar-refractivity contribution in [1.82, 2.24) is 4.90 Å². The van der Waals surface area contributed by atoms with Gasteiger partial charge in [0.25, 0.3) is 5.91 Å².